The van der Waals surface area contributed by atoms with Crippen molar-refractivity contribution in [2.75, 3.05) is 20.3 Å². The van der Waals surface area contributed by atoms with Gasteiger partial charge in [0.1, 0.15) is 17.2 Å². The van der Waals surface area contributed by atoms with Gasteiger partial charge in [0.2, 0.25) is 0 Å². The first-order valence-corrected chi connectivity index (χ1v) is 10.1. The van der Waals surface area contributed by atoms with Gasteiger partial charge in [-0.1, -0.05) is 6.92 Å². The molecule has 2 aromatic rings. The molecule has 0 aliphatic heterocycles. The van der Waals surface area contributed by atoms with Crippen molar-refractivity contribution in [1.29, 1.82) is 0 Å². The van der Waals surface area contributed by atoms with Crippen molar-refractivity contribution in [2.24, 2.45) is 0 Å². The lowest BCUT2D eigenvalue weighted by Crippen LogP contribution is -2.43. The minimum atomic E-state index is -2.95. The van der Waals surface area contributed by atoms with E-state index in [1.54, 1.807) is 24.1 Å². The molecular weight excluding hydrogens is 394 g/mol. The Morgan fingerprint density at radius 3 is 2.50 bits per heavy atom. The molecule has 0 unspecified atom stereocenters. The predicted molar refractivity (Wildman–Crippen MR) is 111 cm³/mol. The largest absolute Gasteiger partial charge is 0.493 e. The average Bonchev–Trinajstić information content (AvgIpc) is 2.69. The topological polar surface area (TPSA) is 60.9 Å². The Kier molecular flexibility index (Phi) is 8.77. The highest BCUT2D eigenvalue weighted by Crippen LogP contribution is 2.30. The Hall–Kier alpha value is -2.48. The molecule has 1 aromatic carbocycles. The van der Waals surface area contributed by atoms with Crippen LogP contribution in [0.15, 0.2) is 24.3 Å². The summed E-state index contributed by atoms with van der Waals surface area (Å²) in [6.45, 7) is 5.86. The number of halogens is 2. The fourth-order valence-corrected chi connectivity index (χ4v) is 3.24. The summed E-state index contributed by atoms with van der Waals surface area (Å²) in [5.74, 6) is 0.210. The highest BCUT2D eigenvalue weighted by Gasteiger charge is 2.25. The van der Waals surface area contributed by atoms with E-state index in [4.69, 9.17) is 9.47 Å². The van der Waals surface area contributed by atoms with Crippen LogP contribution in [-0.2, 0) is 4.74 Å². The molecule has 0 spiro atoms. The van der Waals surface area contributed by atoms with Crippen LogP contribution in [0.1, 0.15) is 51.0 Å². The standard InChI is InChI=1S/C22H30F2N2O4/c1-6-15(4)26(14(2)3)21(27)19-13-20(29-11-7-10-28-5)17-9-8-16(30-22(23)24)12-18(17)25-19/h8-9,12-15,22H,6-7,10-11H2,1-5H3/t15-/m1/s1. The minimum Gasteiger partial charge on any atom is -0.493 e. The number of benzene rings is 1. The maximum absolute atomic E-state index is 13.3. The van der Waals surface area contributed by atoms with Crippen LogP contribution in [0, 0.1) is 0 Å². The summed E-state index contributed by atoms with van der Waals surface area (Å²) in [4.78, 5) is 19.5. The fourth-order valence-electron chi connectivity index (χ4n) is 3.24. The summed E-state index contributed by atoms with van der Waals surface area (Å²) in [6, 6.07) is 6.04. The van der Waals surface area contributed by atoms with Crippen molar-refractivity contribution in [3.8, 4) is 11.5 Å². The molecule has 1 amide bonds. The van der Waals surface area contributed by atoms with Crippen LogP contribution in [0.4, 0.5) is 8.78 Å². The van der Waals surface area contributed by atoms with Crippen molar-refractivity contribution in [3.05, 3.63) is 30.0 Å². The van der Waals surface area contributed by atoms with Crippen LogP contribution in [0.2, 0.25) is 0 Å². The lowest BCUT2D eigenvalue weighted by atomic mass is 10.1. The Morgan fingerprint density at radius 2 is 1.90 bits per heavy atom. The maximum Gasteiger partial charge on any atom is 0.387 e. The van der Waals surface area contributed by atoms with Gasteiger partial charge < -0.3 is 19.1 Å². The zero-order chi connectivity index (χ0) is 22.3. The molecule has 8 heteroatoms. The molecule has 1 heterocycles. The second kappa shape index (κ2) is 11.1. The second-order valence-electron chi connectivity index (χ2n) is 7.32. The van der Waals surface area contributed by atoms with Crippen LogP contribution < -0.4 is 9.47 Å². The third-order valence-electron chi connectivity index (χ3n) is 4.79. The first-order chi connectivity index (χ1) is 14.3. The van der Waals surface area contributed by atoms with E-state index < -0.39 is 6.61 Å². The highest BCUT2D eigenvalue weighted by molar-refractivity contribution is 5.97. The summed E-state index contributed by atoms with van der Waals surface area (Å²) in [6.07, 6.45) is 1.46. The second-order valence-corrected chi connectivity index (χ2v) is 7.32. The van der Waals surface area contributed by atoms with Crippen LogP contribution in [0.3, 0.4) is 0 Å². The Morgan fingerprint density at radius 1 is 1.17 bits per heavy atom. The average molecular weight is 424 g/mol. The number of nitrogens with zero attached hydrogens (tertiary/aromatic N) is 2. The Labute approximate surface area is 176 Å². The zero-order valence-corrected chi connectivity index (χ0v) is 18.2. The molecule has 30 heavy (non-hydrogen) atoms. The van der Waals surface area contributed by atoms with Crippen molar-refractivity contribution in [2.45, 2.75) is 59.2 Å². The van der Waals surface area contributed by atoms with Crippen molar-refractivity contribution >= 4 is 16.8 Å². The molecule has 0 saturated carbocycles. The van der Waals surface area contributed by atoms with E-state index in [1.807, 2.05) is 27.7 Å². The predicted octanol–water partition coefficient (Wildman–Crippen LogP) is 4.90. The van der Waals surface area contributed by atoms with Crippen molar-refractivity contribution in [1.82, 2.24) is 9.88 Å². The molecule has 0 bridgehead atoms. The summed E-state index contributed by atoms with van der Waals surface area (Å²) >= 11 is 0. The molecule has 0 fully saturated rings. The summed E-state index contributed by atoms with van der Waals surface area (Å²) in [7, 11) is 1.61. The van der Waals surface area contributed by atoms with Gasteiger partial charge >= 0.3 is 6.61 Å². The first-order valence-electron chi connectivity index (χ1n) is 10.1. The van der Waals surface area contributed by atoms with E-state index in [1.165, 1.54) is 12.1 Å². The molecule has 166 valence electrons. The van der Waals surface area contributed by atoms with Gasteiger partial charge in [-0.2, -0.15) is 8.78 Å². The molecule has 1 atom stereocenters. The van der Waals surface area contributed by atoms with Gasteiger partial charge in [-0.15, -0.1) is 0 Å². The third kappa shape index (κ3) is 6.01. The van der Waals surface area contributed by atoms with Crippen molar-refractivity contribution < 1.29 is 27.8 Å². The number of pyridine rings is 1. The lowest BCUT2D eigenvalue weighted by Gasteiger charge is -2.32. The van der Waals surface area contributed by atoms with Gasteiger partial charge in [0.15, 0.2) is 0 Å². The van der Waals surface area contributed by atoms with Gasteiger partial charge in [0.25, 0.3) is 5.91 Å². The number of fused-ring (bicyclic) bond motifs is 1. The van der Waals surface area contributed by atoms with E-state index in [-0.39, 0.29) is 29.4 Å². The quantitative estimate of drug-likeness (QED) is 0.480. The normalized spacial score (nSPS) is 12.4. The van der Waals surface area contributed by atoms with Crippen LogP contribution in [0.25, 0.3) is 10.9 Å². The summed E-state index contributed by atoms with van der Waals surface area (Å²) in [5, 5.41) is 0.616. The molecule has 0 radical (unpaired) electrons. The van der Waals surface area contributed by atoms with Gasteiger partial charge in [-0.05, 0) is 39.3 Å². The van der Waals surface area contributed by atoms with E-state index in [9.17, 15) is 13.6 Å². The monoisotopic (exact) mass is 424 g/mol. The van der Waals surface area contributed by atoms with Crippen LogP contribution in [0.5, 0.6) is 11.5 Å². The lowest BCUT2D eigenvalue weighted by molar-refractivity contribution is -0.0497. The number of rotatable bonds is 11. The molecule has 0 N–H and O–H groups in total. The summed E-state index contributed by atoms with van der Waals surface area (Å²) in [5.41, 5.74) is 0.557. The first kappa shape index (κ1) is 23.8. The fraction of sp³-hybridized carbons (Fsp3) is 0.545. The smallest absolute Gasteiger partial charge is 0.387 e. The molecule has 1 aromatic heterocycles. The number of alkyl halides is 2. The number of carbonyl (C=O) groups is 1. The Bertz CT molecular complexity index is 845. The molecule has 0 aliphatic carbocycles. The molecule has 0 saturated heterocycles. The van der Waals surface area contributed by atoms with Crippen molar-refractivity contribution in [3.63, 3.8) is 0 Å². The van der Waals surface area contributed by atoms with Crippen LogP contribution >= 0.6 is 0 Å². The van der Waals surface area contributed by atoms with Gasteiger partial charge in [0.05, 0.1) is 12.1 Å². The number of amides is 1. The molecule has 2 rings (SSSR count). The number of ether oxygens (including phenoxy) is 3. The minimum absolute atomic E-state index is 0.0227. The number of hydrogen-bond acceptors (Lipinski definition) is 5. The zero-order valence-electron chi connectivity index (χ0n) is 18.2. The number of hydrogen-bond donors (Lipinski definition) is 0. The Balaban J connectivity index is 2.49. The van der Waals surface area contributed by atoms with Gasteiger partial charge in [-0.25, -0.2) is 4.98 Å². The number of carbonyl (C=O) groups excluding carboxylic acids is 1. The molecular formula is C22H30F2N2O4. The van der Waals surface area contributed by atoms with Crippen LogP contribution in [-0.4, -0.2) is 54.8 Å². The third-order valence-corrected chi connectivity index (χ3v) is 4.79. The highest BCUT2D eigenvalue weighted by atomic mass is 19.3. The summed E-state index contributed by atoms with van der Waals surface area (Å²) < 4.78 is 40.7. The molecule has 6 nitrogen and oxygen atoms in total. The number of methoxy groups -OCH3 is 1. The molecule has 0 aliphatic rings. The maximum atomic E-state index is 13.3. The van der Waals surface area contributed by atoms with E-state index in [0.717, 1.165) is 6.42 Å². The van der Waals surface area contributed by atoms with Gasteiger partial charge in [-0.3, -0.25) is 4.79 Å². The SMILES string of the molecule is CC[C@@H](C)N(C(=O)c1cc(OCCCOC)c2ccc(OC(F)F)cc2n1)C(C)C. The van der Waals surface area contributed by atoms with Gasteiger partial charge in [0, 0.05) is 49.7 Å². The van der Waals surface area contributed by atoms with E-state index in [0.29, 0.717) is 36.3 Å². The van der Waals surface area contributed by atoms with E-state index >= 15 is 0 Å². The number of aromatic nitrogens is 1. The van der Waals surface area contributed by atoms with E-state index in [2.05, 4.69) is 9.72 Å².